The van der Waals surface area contributed by atoms with Crippen LogP contribution in [0.4, 0.5) is 0 Å². The molecule has 0 spiro atoms. The summed E-state index contributed by atoms with van der Waals surface area (Å²) in [5.74, 6) is -2.07. The van der Waals surface area contributed by atoms with Gasteiger partial charge < -0.3 is 35.4 Å². The minimum absolute atomic E-state index is 0.0187. The third-order valence-electron chi connectivity index (χ3n) is 11.8. The Labute approximate surface area is 216 Å². The van der Waals surface area contributed by atoms with Crippen molar-refractivity contribution in [2.75, 3.05) is 6.61 Å². The Hall–Kier alpha value is -1.62. The van der Waals surface area contributed by atoms with Gasteiger partial charge in [0.05, 0.1) is 29.3 Å². The lowest BCUT2D eigenvalue weighted by molar-refractivity contribution is -0.301. The van der Waals surface area contributed by atoms with Crippen molar-refractivity contribution in [2.45, 2.75) is 107 Å². The molecule has 4 aliphatic carbocycles. The molecule has 0 aromatic carbocycles. The van der Waals surface area contributed by atoms with E-state index in [-0.39, 0.29) is 49.9 Å². The van der Waals surface area contributed by atoms with E-state index in [0.29, 0.717) is 12.0 Å². The van der Waals surface area contributed by atoms with Crippen LogP contribution in [-0.2, 0) is 14.3 Å². The van der Waals surface area contributed by atoms with Gasteiger partial charge in [0, 0.05) is 11.8 Å². The Kier molecular flexibility index (Phi) is 5.80. The first-order valence-electron chi connectivity index (χ1n) is 13.3. The summed E-state index contributed by atoms with van der Waals surface area (Å²) in [5.41, 5.74) is -8.86. The molecular weight excluding hydrogens is 480 g/mol. The van der Waals surface area contributed by atoms with Crippen LogP contribution in [-0.4, -0.2) is 83.6 Å². The molecule has 0 bridgehead atoms. The smallest absolute Gasteiger partial charge is 0.336 e. The van der Waals surface area contributed by atoms with Crippen LogP contribution in [0.5, 0.6) is 0 Å². The maximum Gasteiger partial charge on any atom is 0.336 e. The molecule has 0 radical (unpaired) electrons. The van der Waals surface area contributed by atoms with Gasteiger partial charge in [0.15, 0.2) is 5.78 Å². The highest BCUT2D eigenvalue weighted by molar-refractivity contribution is 5.97. The van der Waals surface area contributed by atoms with Gasteiger partial charge >= 0.3 is 5.97 Å². The fourth-order valence-electron chi connectivity index (χ4n) is 9.10. The first-order valence-corrected chi connectivity index (χ1v) is 13.3. The molecule has 9 heteroatoms. The van der Waals surface area contributed by atoms with Gasteiger partial charge in [-0.05, 0) is 77.2 Å². The average molecular weight is 521 g/mol. The number of rotatable bonds is 3. The monoisotopic (exact) mass is 520 g/mol. The number of carbonyl (C=O) groups is 2. The van der Waals surface area contributed by atoms with Gasteiger partial charge in [0.2, 0.25) is 0 Å². The minimum atomic E-state index is -1.95. The van der Waals surface area contributed by atoms with Crippen LogP contribution < -0.4 is 0 Å². The van der Waals surface area contributed by atoms with Crippen molar-refractivity contribution in [3.05, 3.63) is 23.3 Å². The summed E-state index contributed by atoms with van der Waals surface area (Å²) in [5, 5.41) is 68.8. The highest BCUT2D eigenvalue weighted by Crippen LogP contribution is 2.71. The van der Waals surface area contributed by atoms with Crippen LogP contribution in [0, 0.1) is 22.7 Å². The summed E-state index contributed by atoms with van der Waals surface area (Å²) in [7, 11) is 0. The van der Waals surface area contributed by atoms with E-state index < -0.39 is 69.9 Å². The van der Waals surface area contributed by atoms with E-state index >= 15 is 0 Å². The molecule has 1 aliphatic heterocycles. The van der Waals surface area contributed by atoms with E-state index in [1.165, 1.54) is 13.0 Å². The topological polar surface area (TPSA) is 165 Å². The van der Waals surface area contributed by atoms with Gasteiger partial charge in [-0.1, -0.05) is 18.6 Å². The normalized spacial score (nSPS) is 51.2. The van der Waals surface area contributed by atoms with Crippen LogP contribution in [0.15, 0.2) is 23.3 Å². The number of aliphatic hydroxyl groups excluding tert-OH is 2. The molecular formula is C28H40O9. The fraction of sp³-hybridized carbons (Fsp3) is 0.786. The van der Waals surface area contributed by atoms with E-state index in [2.05, 4.69) is 0 Å². The molecule has 5 aliphatic rings. The molecule has 5 rings (SSSR count). The van der Waals surface area contributed by atoms with Crippen LogP contribution in [0.2, 0.25) is 0 Å². The van der Waals surface area contributed by atoms with Gasteiger partial charge in [-0.25, -0.2) is 4.79 Å². The molecule has 6 N–H and O–H groups in total. The van der Waals surface area contributed by atoms with Gasteiger partial charge in [-0.2, -0.15) is 0 Å². The third-order valence-corrected chi connectivity index (χ3v) is 11.8. The molecule has 0 saturated heterocycles. The number of ketones is 1. The molecule has 0 amide bonds. The maximum atomic E-state index is 13.2. The summed E-state index contributed by atoms with van der Waals surface area (Å²) in [6.07, 6.45) is 1.80. The number of carbonyl (C=O) groups excluding carboxylic acids is 2. The molecule has 1 unspecified atom stereocenters. The Morgan fingerprint density at radius 3 is 2.38 bits per heavy atom. The molecule has 3 saturated carbocycles. The van der Waals surface area contributed by atoms with Gasteiger partial charge in [-0.15, -0.1) is 0 Å². The SMILES string of the molecule is CC1=C(CO)C(=O)OC([C@@](C)(O)[C@]2(O)CC[C@@]3(O)[C@@H]4C[C@@H](O)[C@@]5(O)CC=CC(=O)[C@]5(C)[C@H]4CC[C@]23C)C1. The van der Waals surface area contributed by atoms with Crippen molar-refractivity contribution < 1.29 is 45.0 Å². The predicted octanol–water partition coefficient (Wildman–Crippen LogP) is 0.681. The second-order valence-corrected chi connectivity index (χ2v) is 12.9. The maximum absolute atomic E-state index is 13.2. The Bertz CT molecular complexity index is 1100. The number of esters is 1. The number of allylic oxidation sites excluding steroid dienone is 1. The van der Waals surface area contributed by atoms with Crippen LogP contribution in [0.3, 0.4) is 0 Å². The number of fused-ring (bicyclic) bond motifs is 5. The van der Waals surface area contributed by atoms with Crippen molar-refractivity contribution in [3.63, 3.8) is 0 Å². The highest BCUT2D eigenvalue weighted by atomic mass is 16.6. The lowest BCUT2D eigenvalue weighted by atomic mass is 9.41. The van der Waals surface area contributed by atoms with E-state index in [4.69, 9.17) is 4.74 Å². The van der Waals surface area contributed by atoms with E-state index in [9.17, 15) is 40.2 Å². The zero-order valence-corrected chi connectivity index (χ0v) is 22.0. The van der Waals surface area contributed by atoms with Gasteiger partial charge in [-0.3, -0.25) is 4.79 Å². The molecule has 3 fully saturated rings. The zero-order chi connectivity index (χ0) is 27.4. The summed E-state index contributed by atoms with van der Waals surface area (Å²) >= 11 is 0. The molecule has 1 heterocycles. The largest absolute Gasteiger partial charge is 0.455 e. The first kappa shape index (κ1) is 27.0. The van der Waals surface area contributed by atoms with E-state index in [1.807, 2.05) is 0 Å². The van der Waals surface area contributed by atoms with Gasteiger partial charge in [0.25, 0.3) is 0 Å². The average Bonchev–Trinajstić information content (AvgIpc) is 3.05. The standard InChI is InChI=1S/C28H40O9/c1-15-12-21(37-22(32)16(15)14-29)25(4,33)28(36)11-10-26(34)18-13-20(31)27(35)8-5-6-19(30)24(27,3)17(18)7-9-23(26,28)2/h5-6,17-18,20-21,29,31,33-36H,7-14H2,1-4H3/t17-,18+,20+,21?,23-,24-,25+,26+,27-,28-/m0/s1. The molecule has 9 nitrogen and oxygen atoms in total. The highest BCUT2D eigenvalue weighted by Gasteiger charge is 2.78. The fourth-order valence-corrected chi connectivity index (χ4v) is 9.10. The molecule has 206 valence electrons. The lowest BCUT2D eigenvalue weighted by Crippen LogP contribution is -2.75. The van der Waals surface area contributed by atoms with Crippen LogP contribution >= 0.6 is 0 Å². The van der Waals surface area contributed by atoms with Crippen molar-refractivity contribution >= 4 is 11.8 Å². The van der Waals surface area contributed by atoms with Crippen molar-refractivity contribution in [2.24, 2.45) is 22.7 Å². The number of aliphatic hydroxyl groups is 6. The predicted molar refractivity (Wildman–Crippen MR) is 131 cm³/mol. The van der Waals surface area contributed by atoms with E-state index in [1.54, 1.807) is 26.8 Å². The zero-order valence-electron chi connectivity index (χ0n) is 22.0. The lowest BCUT2D eigenvalue weighted by Gasteiger charge is -2.66. The van der Waals surface area contributed by atoms with E-state index in [0.717, 1.165) is 0 Å². The summed E-state index contributed by atoms with van der Waals surface area (Å²) in [4.78, 5) is 25.8. The third kappa shape index (κ3) is 2.96. The number of ether oxygens (including phenoxy) is 1. The van der Waals surface area contributed by atoms with Crippen molar-refractivity contribution in [1.82, 2.24) is 0 Å². The van der Waals surface area contributed by atoms with Crippen LogP contribution in [0.25, 0.3) is 0 Å². The first-order chi connectivity index (χ1) is 17.0. The summed E-state index contributed by atoms with van der Waals surface area (Å²) < 4.78 is 5.52. The quantitative estimate of drug-likeness (QED) is 0.294. The second-order valence-electron chi connectivity index (χ2n) is 12.9. The summed E-state index contributed by atoms with van der Waals surface area (Å²) in [6.45, 7) is 6.03. The second kappa shape index (κ2) is 7.96. The molecule has 10 atom stereocenters. The number of hydrogen-bond donors (Lipinski definition) is 6. The molecule has 0 aromatic rings. The molecule has 37 heavy (non-hydrogen) atoms. The number of hydrogen-bond acceptors (Lipinski definition) is 9. The Balaban J connectivity index is 1.54. The van der Waals surface area contributed by atoms with Gasteiger partial charge in [0.1, 0.15) is 22.9 Å². The van der Waals surface area contributed by atoms with Crippen molar-refractivity contribution in [3.8, 4) is 0 Å². The number of cyclic esters (lactones) is 1. The summed E-state index contributed by atoms with van der Waals surface area (Å²) in [6, 6.07) is 0. The Morgan fingerprint density at radius 1 is 1.08 bits per heavy atom. The van der Waals surface area contributed by atoms with Crippen molar-refractivity contribution in [1.29, 1.82) is 0 Å². The Morgan fingerprint density at radius 2 is 1.76 bits per heavy atom. The minimum Gasteiger partial charge on any atom is -0.455 e. The van der Waals surface area contributed by atoms with Crippen LogP contribution in [0.1, 0.15) is 72.6 Å². The molecule has 0 aromatic heterocycles.